The maximum Gasteiger partial charge on any atom is 0.335 e. The lowest BCUT2D eigenvalue weighted by molar-refractivity contribution is 0.0696. The van der Waals surface area contributed by atoms with Crippen LogP contribution >= 0.6 is 0 Å². The quantitative estimate of drug-likeness (QED) is 0.704. The maximum absolute atomic E-state index is 12.4. The summed E-state index contributed by atoms with van der Waals surface area (Å²) in [4.78, 5) is 23.4. The Morgan fingerprint density at radius 2 is 1.50 bits per heavy atom. The molecule has 26 heavy (non-hydrogen) atoms. The van der Waals surface area contributed by atoms with Crippen molar-refractivity contribution in [1.82, 2.24) is 5.32 Å². The van der Waals surface area contributed by atoms with Crippen LogP contribution in [0.15, 0.2) is 78.9 Å². The third-order valence-corrected chi connectivity index (χ3v) is 3.70. The van der Waals surface area contributed by atoms with Crippen molar-refractivity contribution in [3.8, 4) is 11.5 Å². The number of carbonyl (C=O) groups excluding carboxylic acids is 1. The number of para-hydroxylation sites is 1. The fourth-order valence-corrected chi connectivity index (χ4v) is 2.42. The van der Waals surface area contributed by atoms with Gasteiger partial charge in [-0.2, -0.15) is 0 Å². The van der Waals surface area contributed by atoms with E-state index in [4.69, 9.17) is 9.84 Å². The predicted molar refractivity (Wildman–Crippen MR) is 97.5 cm³/mol. The molecule has 2 N–H and O–H groups in total. The minimum absolute atomic E-state index is 0.190. The third kappa shape index (κ3) is 4.48. The first-order valence-corrected chi connectivity index (χ1v) is 8.05. The SMILES string of the molecule is O=C(O)c1cccc(CNC(=O)c2cccc(Oc3ccccc3)c2)c1. The van der Waals surface area contributed by atoms with Crippen LogP contribution in [0.5, 0.6) is 11.5 Å². The monoisotopic (exact) mass is 347 g/mol. The lowest BCUT2D eigenvalue weighted by atomic mass is 10.1. The van der Waals surface area contributed by atoms with E-state index in [1.807, 2.05) is 30.3 Å². The zero-order chi connectivity index (χ0) is 18.4. The number of aromatic carboxylic acids is 1. The summed E-state index contributed by atoms with van der Waals surface area (Å²) in [6, 6.07) is 22.7. The number of amides is 1. The smallest absolute Gasteiger partial charge is 0.335 e. The average molecular weight is 347 g/mol. The highest BCUT2D eigenvalue weighted by molar-refractivity contribution is 5.94. The van der Waals surface area contributed by atoms with E-state index in [0.29, 0.717) is 17.1 Å². The van der Waals surface area contributed by atoms with Crippen LogP contribution in [0.25, 0.3) is 0 Å². The minimum Gasteiger partial charge on any atom is -0.478 e. The molecule has 0 atom stereocenters. The van der Waals surface area contributed by atoms with Gasteiger partial charge in [0.1, 0.15) is 11.5 Å². The maximum atomic E-state index is 12.4. The zero-order valence-electron chi connectivity index (χ0n) is 13.9. The molecule has 0 aromatic heterocycles. The van der Waals surface area contributed by atoms with Crippen LogP contribution in [0.2, 0.25) is 0 Å². The molecule has 0 aliphatic carbocycles. The molecule has 0 heterocycles. The molecule has 130 valence electrons. The van der Waals surface area contributed by atoms with Crippen LogP contribution < -0.4 is 10.1 Å². The van der Waals surface area contributed by atoms with Crippen LogP contribution in [0.4, 0.5) is 0 Å². The van der Waals surface area contributed by atoms with E-state index >= 15 is 0 Å². The highest BCUT2D eigenvalue weighted by Crippen LogP contribution is 2.21. The highest BCUT2D eigenvalue weighted by Gasteiger charge is 2.08. The number of hydrogen-bond acceptors (Lipinski definition) is 3. The lowest BCUT2D eigenvalue weighted by Gasteiger charge is -2.09. The molecule has 0 saturated carbocycles. The summed E-state index contributed by atoms with van der Waals surface area (Å²) in [5.41, 5.74) is 1.37. The molecular weight excluding hydrogens is 330 g/mol. The first-order chi connectivity index (χ1) is 12.6. The largest absolute Gasteiger partial charge is 0.478 e. The van der Waals surface area contributed by atoms with Crippen LogP contribution in [0.1, 0.15) is 26.3 Å². The van der Waals surface area contributed by atoms with E-state index in [1.54, 1.807) is 36.4 Å². The van der Waals surface area contributed by atoms with E-state index in [2.05, 4.69) is 5.32 Å². The van der Waals surface area contributed by atoms with Crippen molar-refractivity contribution in [2.24, 2.45) is 0 Å². The van der Waals surface area contributed by atoms with Gasteiger partial charge in [-0.05, 0) is 48.0 Å². The van der Waals surface area contributed by atoms with Crippen molar-refractivity contribution >= 4 is 11.9 Å². The van der Waals surface area contributed by atoms with Crippen molar-refractivity contribution in [3.63, 3.8) is 0 Å². The molecular formula is C21H17NO4. The summed E-state index contributed by atoms with van der Waals surface area (Å²) < 4.78 is 5.73. The molecule has 0 fully saturated rings. The van der Waals surface area contributed by atoms with Crippen LogP contribution in [-0.4, -0.2) is 17.0 Å². The second-order valence-corrected chi connectivity index (χ2v) is 5.63. The van der Waals surface area contributed by atoms with Crippen molar-refractivity contribution in [2.45, 2.75) is 6.54 Å². The molecule has 0 unspecified atom stereocenters. The third-order valence-electron chi connectivity index (χ3n) is 3.70. The predicted octanol–water partition coefficient (Wildman–Crippen LogP) is 4.11. The molecule has 0 saturated heterocycles. The first-order valence-electron chi connectivity index (χ1n) is 8.05. The highest BCUT2D eigenvalue weighted by atomic mass is 16.5. The number of carboxylic acids is 1. The van der Waals surface area contributed by atoms with Crippen LogP contribution in [-0.2, 0) is 6.54 Å². The Hall–Kier alpha value is -3.60. The van der Waals surface area contributed by atoms with Crippen LogP contribution in [0, 0.1) is 0 Å². The summed E-state index contributed by atoms with van der Waals surface area (Å²) in [7, 11) is 0. The Balaban J connectivity index is 1.65. The van der Waals surface area contributed by atoms with Gasteiger partial charge in [-0.25, -0.2) is 4.79 Å². The van der Waals surface area contributed by atoms with E-state index in [1.165, 1.54) is 12.1 Å². The van der Waals surface area contributed by atoms with Gasteiger partial charge in [0, 0.05) is 12.1 Å². The van der Waals surface area contributed by atoms with Gasteiger partial charge in [-0.1, -0.05) is 36.4 Å². The van der Waals surface area contributed by atoms with Gasteiger partial charge in [-0.3, -0.25) is 4.79 Å². The standard InChI is InChI=1S/C21H17NO4/c23-20(22-14-15-6-4-8-17(12-15)21(24)25)16-7-5-11-19(13-16)26-18-9-2-1-3-10-18/h1-13H,14H2,(H,22,23)(H,24,25). The Morgan fingerprint density at radius 3 is 2.27 bits per heavy atom. The van der Waals surface area contributed by atoms with Gasteiger partial charge in [0.15, 0.2) is 0 Å². The van der Waals surface area contributed by atoms with Crippen LogP contribution in [0.3, 0.4) is 0 Å². The summed E-state index contributed by atoms with van der Waals surface area (Å²) in [5.74, 6) is 0.000413. The molecule has 0 aliphatic rings. The van der Waals surface area contributed by atoms with E-state index in [9.17, 15) is 9.59 Å². The second kappa shape index (κ2) is 7.98. The van der Waals surface area contributed by atoms with Crippen molar-refractivity contribution in [2.75, 3.05) is 0 Å². The lowest BCUT2D eigenvalue weighted by Crippen LogP contribution is -2.22. The molecule has 0 radical (unpaired) electrons. The fourth-order valence-electron chi connectivity index (χ4n) is 2.42. The minimum atomic E-state index is -0.996. The Kier molecular flexibility index (Phi) is 5.29. The van der Waals surface area contributed by atoms with E-state index < -0.39 is 5.97 Å². The van der Waals surface area contributed by atoms with Gasteiger partial charge in [0.05, 0.1) is 5.56 Å². The van der Waals surface area contributed by atoms with Gasteiger partial charge in [0.25, 0.3) is 5.91 Å². The van der Waals surface area contributed by atoms with E-state index in [-0.39, 0.29) is 18.0 Å². The average Bonchev–Trinajstić information content (AvgIpc) is 2.67. The summed E-state index contributed by atoms with van der Waals surface area (Å²) in [6.45, 7) is 0.240. The molecule has 3 aromatic carbocycles. The van der Waals surface area contributed by atoms with Gasteiger partial charge in [0.2, 0.25) is 0 Å². The number of nitrogens with one attached hydrogen (secondary N) is 1. The zero-order valence-corrected chi connectivity index (χ0v) is 13.9. The van der Waals surface area contributed by atoms with Gasteiger partial charge < -0.3 is 15.2 Å². The number of carboxylic acid groups (broad SMARTS) is 1. The van der Waals surface area contributed by atoms with Gasteiger partial charge in [-0.15, -0.1) is 0 Å². The number of hydrogen-bond donors (Lipinski definition) is 2. The van der Waals surface area contributed by atoms with Crippen molar-refractivity contribution in [1.29, 1.82) is 0 Å². The molecule has 5 nitrogen and oxygen atoms in total. The molecule has 1 amide bonds. The normalized spacial score (nSPS) is 10.2. The van der Waals surface area contributed by atoms with E-state index in [0.717, 1.165) is 5.56 Å². The molecule has 0 bridgehead atoms. The molecule has 3 rings (SSSR count). The molecule has 0 spiro atoms. The number of rotatable bonds is 6. The summed E-state index contributed by atoms with van der Waals surface area (Å²) >= 11 is 0. The van der Waals surface area contributed by atoms with Crippen molar-refractivity contribution < 1.29 is 19.4 Å². The first kappa shape index (κ1) is 17.2. The topological polar surface area (TPSA) is 75.6 Å². The summed E-state index contributed by atoms with van der Waals surface area (Å²) in [6.07, 6.45) is 0. The molecule has 5 heteroatoms. The molecule has 0 aliphatic heterocycles. The van der Waals surface area contributed by atoms with Crippen molar-refractivity contribution in [3.05, 3.63) is 95.6 Å². The Labute approximate surface area is 150 Å². The Bertz CT molecular complexity index is 922. The second-order valence-electron chi connectivity index (χ2n) is 5.63. The number of benzene rings is 3. The van der Waals surface area contributed by atoms with Gasteiger partial charge >= 0.3 is 5.97 Å². The summed E-state index contributed by atoms with van der Waals surface area (Å²) in [5, 5.41) is 11.8. The number of ether oxygens (including phenoxy) is 1. The molecule has 3 aromatic rings. The fraction of sp³-hybridized carbons (Fsp3) is 0.0476. The Morgan fingerprint density at radius 1 is 0.808 bits per heavy atom. The number of carbonyl (C=O) groups is 2.